The Labute approximate surface area is 568 Å². The zero-order valence-corrected chi connectivity index (χ0v) is 62.5. The topological polar surface area (TPSA) is 237 Å². The number of ether oxygens (including phenoxy) is 4. The molecule has 0 aromatic heterocycles. The van der Waals surface area contributed by atoms with Crippen molar-refractivity contribution in [3.63, 3.8) is 0 Å². The molecule has 0 saturated carbocycles. The lowest BCUT2D eigenvalue weighted by molar-refractivity contribution is -0.161. The molecule has 19 heteroatoms. The lowest BCUT2D eigenvalue weighted by Gasteiger charge is -2.21. The van der Waals surface area contributed by atoms with Crippen molar-refractivity contribution in [2.75, 3.05) is 39.6 Å². The summed E-state index contributed by atoms with van der Waals surface area (Å²) in [5.74, 6) is -0.0230. The van der Waals surface area contributed by atoms with Crippen molar-refractivity contribution in [3.05, 3.63) is 0 Å². The van der Waals surface area contributed by atoms with Gasteiger partial charge in [0.15, 0.2) is 12.2 Å². The van der Waals surface area contributed by atoms with Gasteiger partial charge in [0.25, 0.3) is 0 Å². The van der Waals surface area contributed by atoms with Crippen LogP contribution in [0.25, 0.3) is 0 Å². The second-order valence-electron chi connectivity index (χ2n) is 28.1. The Morgan fingerprint density at radius 1 is 0.290 bits per heavy atom. The van der Waals surface area contributed by atoms with Crippen LogP contribution in [0.3, 0.4) is 0 Å². The van der Waals surface area contributed by atoms with Crippen LogP contribution in [0, 0.1) is 17.8 Å². The van der Waals surface area contributed by atoms with Crippen molar-refractivity contribution >= 4 is 39.5 Å². The molecule has 0 bridgehead atoms. The van der Waals surface area contributed by atoms with Crippen molar-refractivity contribution in [2.45, 2.75) is 394 Å². The van der Waals surface area contributed by atoms with E-state index in [-0.39, 0.29) is 25.7 Å². The quantitative estimate of drug-likeness (QED) is 0.0222. The Morgan fingerprint density at radius 2 is 0.495 bits per heavy atom. The fraction of sp³-hybridized carbons (Fsp3) is 0.946. The molecule has 0 radical (unpaired) electrons. The maximum Gasteiger partial charge on any atom is 0.472 e. The SMILES string of the molecule is CCCCCCCCCCCCCCCCCCCCCCCCC(=O)O[C@H](COC(=O)CCCCCCCCCCCCC(C)C)COP(=O)(O)OC[C@@H](O)COP(=O)(O)OC[C@@H](COC(=O)CCCCCCCCC(C)C)OC(=O)CCCCCCCCC(C)C. The van der Waals surface area contributed by atoms with E-state index in [1.54, 1.807) is 0 Å². The molecule has 0 amide bonds. The summed E-state index contributed by atoms with van der Waals surface area (Å²) >= 11 is 0. The van der Waals surface area contributed by atoms with Crippen LogP contribution in [0.15, 0.2) is 0 Å². The normalized spacial score (nSPS) is 14.1. The second-order valence-corrected chi connectivity index (χ2v) is 31.0. The van der Waals surface area contributed by atoms with E-state index in [0.29, 0.717) is 37.5 Å². The molecule has 0 aromatic rings. The molecule has 2 unspecified atom stereocenters. The van der Waals surface area contributed by atoms with Crippen LogP contribution in [0.1, 0.15) is 376 Å². The van der Waals surface area contributed by atoms with Crippen LogP contribution in [-0.2, 0) is 65.4 Å². The third-order valence-corrected chi connectivity index (χ3v) is 19.0. The number of hydrogen-bond acceptors (Lipinski definition) is 15. The molecule has 0 spiro atoms. The number of aliphatic hydroxyl groups excluding tert-OH is 1. The zero-order valence-electron chi connectivity index (χ0n) is 60.7. The minimum Gasteiger partial charge on any atom is -0.462 e. The largest absolute Gasteiger partial charge is 0.472 e. The number of aliphatic hydroxyl groups is 1. The van der Waals surface area contributed by atoms with E-state index >= 15 is 0 Å². The third-order valence-electron chi connectivity index (χ3n) is 17.1. The van der Waals surface area contributed by atoms with Crippen LogP contribution in [0.5, 0.6) is 0 Å². The number of rotatable bonds is 72. The Balaban J connectivity index is 5.15. The molecule has 552 valence electrons. The number of hydrogen-bond donors (Lipinski definition) is 3. The van der Waals surface area contributed by atoms with E-state index in [0.717, 1.165) is 102 Å². The summed E-state index contributed by atoms with van der Waals surface area (Å²) in [7, 11) is -9.90. The number of phosphoric acid groups is 2. The van der Waals surface area contributed by atoms with Crippen LogP contribution in [0.4, 0.5) is 0 Å². The predicted octanol–water partition coefficient (Wildman–Crippen LogP) is 21.4. The molecule has 93 heavy (non-hydrogen) atoms. The van der Waals surface area contributed by atoms with Crippen LogP contribution in [-0.4, -0.2) is 96.7 Å². The standard InChI is InChI=1S/C74H144O17P2/c1-8-9-10-11-12-13-14-15-16-17-18-19-20-21-22-23-24-25-30-33-43-50-57-73(78)90-69(61-84-71(76)55-48-41-32-29-27-26-28-31-38-45-52-65(2)3)63-88-92(80,81)86-59-68(75)60-87-93(82,83)89-64-70(91-74(79)58-51-44-37-35-40-47-54-67(6)7)62-85-72(77)56-49-42-36-34-39-46-53-66(4)5/h65-70,75H,8-64H2,1-7H3,(H,80,81)(H,82,83)/t68-,69-,70-/m1/s1. The molecule has 0 saturated heterocycles. The van der Waals surface area contributed by atoms with Gasteiger partial charge in [-0.05, 0) is 43.4 Å². The number of carbonyl (C=O) groups excluding carboxylic acids is 4. The van der Waals surface area contributed by atoms with Crippen molar-refractivity contribution in [1.29, 1.82) is 0 Å². The zero-order chi connectivity index (χ0) is 68.7. The summed E-state index contributed by atoms with van der Waals surface area (Å²) in [4.78, 5) is 72.5. The van der Waals surface area contributed by atoms with E-state index in [1.807, 2.05) is 0 Å². The summed E-state index contributed by atoms with van der Waals surface area (Å²) in [5, 5.41) is 10.6. The summed E-state index contributed by atoms with van der Waals surface area (Å²) in [6.45, 7) is 11.7. The van der Waals surface area contributed by atoms with E-state index < -0.39 is 97.5 Å². The van der Waals surface area contributed by atoms with Gasteiger partial charge in [-0.15, -0.1) is 0 Å². The van der Waals surface area contributed by atoms with Gasteiger partial charge in [-0.3, -0.25) is 37.3 Å². The highest BCUT2D eigenvalue weighted by atomic mass is 31.2. The Kier molecular flexibility index (Phi) is 63.4. The first-order valence-corrected chi connectivity index (χ1v) is 41.3. The molecule has 0 aliphatic rings. The molecule has 0 aromatic carbocycles. The molecule has 0 fully saturated rings. The molecule has 0 rings (SSSR count). The highest BCUT2D eigenvalue weighted by Crippen LogP contribution is 2.45. The van der Waals surface area contributed by atoms with Gasteiger partial charge < -0.3 is 33.8 Å². The number of unbranched alkanes of at least 4 members (excludes halogenated alkanes) is 40. The first-order chi connectivity index (χ1) is 44.7. The minimum atomic E-state index is -4.96. The van der Waals surface area contributed by atoms with E-state index in [9.17, 15) is 43.2 Å². The lowest BCUT2D eigenvalue weighted by atomic mass is 10.0. The third kappa shape index (κ3) is 68.4. The monoisotopic (exact) mass is 1370 g/mol. The highest BCUT2D eigenvalue weighted by molar-refractivity contribution is 7.47. The predicted molar refractivity (Wildman–Crippen MR) is 377 cm³/mol. The Morgan fingerprint density at radius 3 is 0.731 bits per heavy atom. The molecule has 17 nitrogen and oxygen atoms in total. The highest BCUT2D eigenvalue weighted by Gasteiger charge is 2.30. The average molecular weight is 1370 g/mol. The molecule has 0 aliphatic heterocycles. The van der Waals surface area contributed by atoms with Gasteiger partial charge in [-0.2, -0.15) is 0 Å². The molecular weight excluding hydrogens is 1220 g/mol. The number of carbonyl (C=O) groups is 4. The molecule has 5 atom stereocenters. The molecular formula is C74H144O17P2. The van der Waals surface area contributed by atoms with Gasteiger partial charge in [0.1, 0.15) is 19.3 Å². The molecule has 3 N–H and O–H groups in total. The summed E-state index contributed by atoms with van der Waals surface area (Å²) in [6.07, 6.45) is 50.6. The van der Waals surface area contributed by atoms with Crippen LogP contribution >= 0.6 is 15.6 Å². The van der Waals surface area contributed by atoms with Gasteiger partial charge in [0, 0.05) is 25.7 Å². The maximum atomic E-state index is 13.1. The Hall–Kier alpha value is -1.94. The summed E-state index contributed by atoms with van der Waals surface area (Å²) < 4.78 is 68.3. The van der Waals surface area contributed by atoms with Crippen molar-refractivity contribution in [1.82, 2.24) is 0 Å². The van der Waals surface area contributed by atoms with Gasteiger partial charge in [-0.1, -0.05) is 325 Å². The van der Waals surface area contributed by atoms with Gasteiger partial charge in [0.05, 0.1) is 26.4 Å². The fourth-order valence-electron chi connectivity index (χ4n) is 11.2. The minimum absolute atomic E-state index is 0.101. The first kappa shape index (κ1) is 91.1. The van der Waals surface area contributed by atoms with E-state index in [2.05, 4.69) is 48.5 Å². The summed E-state index contributed by atoms with van der Waals surface area (Å²) in [6, 6.07) is 0. The molecule has 0 aliphatic carbocycles. The van der Waals surface area contributed by atoms with Crippen LogP contribution in [0.2, 0.25) is 0 Å². The molecule has 0 heterocycles. The van der Waals surface area contributed by atoms with E-state index in [1.165, 1.54) is 180 Å². The maximum absolute atomic E-state index is 13.1. The summed E-state index contributed by atoms with van der Waals surface area (Å²) in [5.41, 5.74) is 0. The van der Waals surface area contributed by atoms with Crippen molar-refractivity contribution in [3.8, 4) is 0 Å². The lowest BCUT2D eigenvalue weighted by Crippen LogP contribution is -2.30. The van der Waals surface area contributed by atoms with Crippen molar-refractivity contribution in [2.24, 2.45) is 17.8 Å². The Bertz CT molecular complexity index is 1820. The average Bonchev–Trinajstić information content (AvgIpc) is 3.73. The van der Waals surface area contributed by atoms with Crippen molar-refractivity contribution < 1.29 is 80.2 Å². The van der Waals surface area contributed by atoms with Gasteiger partial charge >= 0.3 is 39.5 Å². The fourth-order valence-corrected chi connectivity index (χ4v) is 12.8. The van der Waals surface area contributed by atoms with Gasteiger partial charge in [-0.25, -0.2) is 9.13 Å². The van der Waals surface area contributed by atoms with Crippen LogP contribution < -0.4 is 0 Å². The first-order valence-electron chi connectivity index (χ1n) is 38.3. The number of phosphoric ester groups is 2. The van der Waals surface area contributed by atoms with E-state index in [4.69, 9.17) is 37.0 Å². The smallest absolute Gasteiger partial charge is 0.462 e. The van der Waals surface area contributed by atoms with Gasteiger partial charge in [0.2, 0.25) is 0 Å². The number of esters is 4. The second kappa shape index (κ2) is 64.7.